The Hall–Kier alpha value is -7.01. The summed E-state index contributed by atoms with van der Waals surface area (Å²) in [6, 6.07) is 83.6. The standard InChI is InChI=1S/C56H43BN2S/c1-40-31-33-52-50(35-40)57-51-36-41(2)32-34-53(51)59(45-22-10-4-11-23-45)55-39-43(38-54(56(55)57)58(52)44-20-8-3-9-21-44)42-19-18-30-49(37-42)60(46-24-12-5-13-25-46,47-26-14-6-15-27-47)48-28-16-7-17-29-48/h3-39H,1-2H3. The SMILES string of the molecule is Cc1ccc2c(c1)B1c3cc(C)ccc3N(c3ccccc3)c3cc(-c4cccc(S(c5ccccc5)(c5ccccc5)c5ccccc5)c4)cc(c31)N2c1ccccc1. The Labute approximate surface area is 355 Å². The molecule has 60 heavy (non-hydrogen) atoms. The molecule has 2 aliphatic rings. The van der Waals surface area contributed by atoms with Crippen molar-refractivity contribution in [1.29, 1.82) is 0 Å². The molecule has 11 rings (SSSR count). The minimum absolute atomic E-state index is 0.0615. The van der Waals surface area contributed by atoms with Gasteiger partial charge in [-0.3, -0.25) is 0 Å². The van der Waals surface area contributed by atoms with Gasteiger partial charge in [-0.15, -0.1) is 10.0 Å². The van der Waals surface area contributed by atoms with E-state index in [1.165, 1.54) is 81.0 Å². The van der Waals surface area contributed by atoms with E-state index in [-0.39, 0.29) is 6.71 Å². The number of hydrogen-bond acceptors (Lipinski definition) is 2. The summed E-state index contributed by atoms with van der Waals surface area (Å²) in [5, 5.41) is 0. The van der Waals surface area contributed by atoms with Gasteiger partial charge in [0.1, 0.15) is 0 Å². The Morgan fingerprint density at radius 1 is 0.333 bits per heavy atom. The van der Waals surface area contributed by atoms with Gasteiger partial charge in [-0.25, -0.2) is 0 Å². The second-order valence-electron chi connectivity index (χ2n) is 15.9. The van der Waals surface area contributed by atoms with Crippen LogP contribution in [0.4, 0.5) is 34.1 Å². The van der Waals surface area contributed by atoms with Gasteiger partial charge in [-0.05, 0) is 138 Å². The third kappa shape index (κ3) is 5.74. The minimum Gasteiger partial charge on any atom is -0.311 e. The van der Waals surface area contributed by atoms with E-state index >= 15 is 0 Å². The van der Waals surface area contributed by atoms with Gasteiger partial charge in [0, 0.05) is 53.7 Å². The lowest BCUT2D eigenvalue weighted by Gasteiger charge is -2.44. The first kappa shape index (κ1) is 36.1. The average molecular weight is 787 g/mol. The van der Waals surface area contributed by atoms with Crippen LogP contribution in [0.2, 0.25) is 0 Å². The molecular weight excluding hydrogens is 744 g/mol. The van der Waals surface area contributed by atoms with Gasteiger partial charge in [-0.2, -0.15) is 0 Å². The van der Waals surface area contributed by atoms with Gasteiger partial charge in [0.2, 0.25) is 0 Å². The summed E-state index contributed by atoms with van der Waals surface area (Å²) >= 11 is 0. The van der Waals surface area contributed by atoms with Crippen molar-refractivity contribution in [2.45, 2.75) is 33.4 Å². The van der Waals surface area contributed by atoms with Crippen LogP contribution < -0.4 is 26.2 Å². The van der Waals surface area contributed by atoms with Crippen LogP contribution in [0, 0.1) is 13.8 Å². The molecule has 4 heteroatoms. The highest BCUT2D eigenvalue weighted by Gasteiger charge is 2.44. The molecule has 0 aliphatic carbocycles. The molecule has 0 saturated heterocycles. The van der Waals surface area contributed by atoms with E-state index in [2.05, 4.69) is 248 Å². The van der Waals surface area contributed by atoms with Gasteiger partial charge >= 0.3 is 0 Å². The number of hydrogen-bond donors (Lipinski definition) is 0. The second kappa shape index (κ2) is 14.7. The number of nitrogens with zero attached hydrogens (tertiary/aromatic N) is 2. The molecule has 9 aromatic rings. The lowest BCUT2D eigenvalue weighted by atomic mass is 9.33. The minimum atomic E-state index is -1.89. The van der Waals surface area contributed by atoms with E-state index in [1.54, 1.807) is 0 Å². The smallest absolute Gasteiger partial charge is 0.252 e. The number of aryl methyl sites for hydroxylation is 2. The zero-order valence-corrected chi connectivity index (χ0v) is 34.6. The van der Waals surface area contributed by atoms with Crippen molar-refractivity contribution in [3.05, 3.63) is 236 Å². The molecule has 0 bridgehead atoms. The van der Waals surface area contributed by atoms with E-state index in [9.17, 15) is 0 Å². The summed E-state index contributed by atoms with van der Waals surface area (Å²) in [6.45, 7) is 4.50. The Bertz CT molecular complexity index is 2790. The van der Waals surface area contributed by atoms with Crippen LogP contribution in [0.5, 0.6) is 0 Å². The average Bonchev–Trinajstić information content (AvgIpc) is 3.31. The predicted molar refractivity (Wildman–Crippen MR) is 255 cm³/mol. The normalized spacial score (nSPS) is 13.0. The molecule has 0 saturated carbocycles. The zero-order valence-electron chi connectivity index (χ0n) is 33.7. The largest absolute Gasteiger partial charge is 0.311 e. The van der Waals surface area contributed by atoms with Crippen LogP contribution in [0.1, 0.15) is 11.1 Å². The highest BCUT2D eigenvalue weighted by molar-refractivity contribution is 8.34. The molecule has 2 nitrogen and oxygen atoms in total. The molecule has 0 unspecified atom stereocenters. The molecule has 0 N–H and O–H groups in total. The molecule has 0 aromatic heterocycles. The Morgan fingerprint density at radius 3 is 1.17 bits per heavy atom. The van der Waals surface area contributed by atoms with Crippen molar-refractivity contribution in [2.24, 2.45) is 0 Å². The summed E-state index contributed by atoms with van der Waals surface area (Å²) in [5.74, 6) is 0. The van der Waals surface area contributed by atoms with Gasteiger partial charge in [0.05, 0.1) is 0 Å². The Morgan fingerprint density at radius 2 is 0.733 bits per heavy atom. The fourth-order valence-electron chi connectivity index (χ4n) is 9.68. The second-order valence-corrected chi connectivity index (χ2v) is 19.0. The first-order chi connectivity index (χ1) is 29.6. The van der Waals surface area contributed by atoms with Crippen molar-refractivity contribution in [1.82, 2.24) is 0 Å². The maximum atomic E-state index is 2.51. The van der Waals surface area contributed by atoms with Gasteiger partial charge < -0.3 is 9.80 Å². The number of para-hydroxylation sites is 2. The molecule has 286 valence electrons. The molecule has 0 fully saturated rings. The molecule has 0 radical (unpaired) electrons. The summed E-state index contributed by atoms with van der Waals surface area (Å²) < 4.78 is 0. The molecule has 0 spiro atoms. The summed E-state index contributed by atoms with van der Waals surface area (Å²) in [6.07, 6.45) is 0. The van der Waals surface area contributed by atoms with E-state index in [0.717, 1.165) is 11.4 Å². The summed E-state index contributed by atoms with van der Waals surface area (Å²) in [5.41, 5.74) is 16.1. The molecule has 0 amide bonds. The maximum Gasteiger partial charge on any atom is 0.252 e. The maximum absolute atomic E-state index is 2.51. The summed E-state index contributed by atoms with van der Waals surface area (Å²) in [7, 11) is -1.89. The Kier molecular flexibility index (Phi) is 8.83. The van der Waals surface area contributed by atoms with Crippen molar-refractivity contribution in [2.75, 3.05) is 9.80 Å². The van der Waals surface area contributed by atoms with E-state index in [1.807, 2.05) is 0 Å². The highest BCUT2D eigenvalue weighted by Crippen LogP contribution is 2.73. The van der Waals surface area contributed by atoms with Crippen LogP contribution in [-0.2, 0) is 0 Å². The van der Waals surface area contributed by atoms with Crippen molar-refractivity contribution in [3.63, 3.8) is 0 Å². The fraction of sp³-hybridized carbons (Fsp3) is 0.0357. The molecule has 0 atom stereocenters. The van der Waals surface area contributed by atoms with Crippen LogP contribution in [0.25, 0.3) is 11.1 Å². The third-order valence-electron chi connectivity index (χ3n) is 12.2. The fourth-order valence-corrected chi connectivity index (χ4v) is 13.6. The molecule has 2 heterocycles. The quantitative estimate of drug-likeness (QED) is 0.149. The van der Waals surface area contributed by atoms with Gasteiger partial charge in [0.25, 0.3) is 6.71 Å². The Balaban J connectivity index is 1.22. The molecule has 9 aromatic carbocycles. The topological polar surface area (TPSA) is 6.48 Å². The number of anilines is 6. The lowest BCUT2D eigenvalue weighted by molar-refractivity contribution is 1.24. The van der Waals surface area contributed by atoms with Crippen molar-refractivity contribution >= 4 is 67.3 Å². The molecule has 2 aliphatic heterocycles. The zero-order chi connectivity index (χ0) is 40.2. The van der Waals surface area contributed by atoms with Gasteiger partial charge in [0.15, 0.2) is 0 Å². The van der Waals surface area contributed by atoms with Crippen molar-refractivity contribution in [3.8, 4) is 11.1 Å². The van der Waals surface area contributed by atoms with Crippen LogP contribution in [0.15, 0.2) is 244 Å². The van der Waals surface area contributed by atoms with E-state index in [4.69, 9.17) is 0 Å². The number of rotatable bonds is 7. The van der Waals surface area contributed by atoms with Crippen LogP contribution >= 0.6 is 10.0 Å². The molecular formula is C56H43BN2S. The lowest BCUT2D eigenvalue weighted by Crippen LogP contribution is -2.61. The summed E-state index contributed by atoms with van der Waals surface area (Å²) in [4.78, 5) is 10.3. The third-order valence-corrected chi connectivity index (χ3v) is 16.1. The van der Waals surface area contributed by atoms with Crippen LogP contribution in [0.3, 0.4) is 0 Å². The highest BCUT2D eigenvalue weighted by atomic mass is 32.3. The first-order valence-electron chi connectivity index (χ1n) is 20.8. The van der Waals surface area contributed by atoms with Crippen molar-refractivity contribution < 1.29 is 0 Å². The predicted octanol–water partition coefficient (Wildman–Crippen LogP) is 13.4. The van der Waals surface area contributed by atoms with Crippen LogP contribution in [-0.4, -0.2) is 6.71 Å². The first-order valence-corrected chi connectivity index (χ1v) is 22.4. The van der Waals surface area contributed by atoms with E-state index in [0.29, 0.717) is 0 Å². The van der Waals surface area contributed by atoms with Gasteiger partial charge in [-0.1, -0.05) is 139 Å². The number of benzene rings is 9. The monoisotopic (exact) mass is 786 g/mol. The van der Waals surface area contributed by atoms with E-state index < -0.39 is 10.0 Å². The number of fused-ring (bicyclic) bond motifs is 4.